The van der Waals surface area contributed by atoms with Crippen LogP contribution < -0.4 is 10.9 Å². The number of aromatic amines is 1. The lowest BCUT2D eigenvalue weighted by Crippen LogP contribution is -2.15. The molecule has 0 radical (unpaired) electrons. The van der Waals surface area contributed by atoms with Crippen molar-refractivity contribution < 1.29 is 0 Å². The van der Waals surface area contributed by atoms with Gasteiger partial charge in [-0.05, 0) is 43.0 Å². The fourth-order valence-electron chi connectivity index (χ4n) is 2.68. The van der Waals surface area contributed by atoms with Gasteiger partial charge in [-0.2, -0.15) is 4.98 Å². The standard InChI is InChI=1S/C17H20BrN5O/c1-9(2)7-19-17-20-15-13(16(24)21-17)8-23(22-15)14-10(3)5-12(18)6-11(14)4/h5-6,8-9H,7H2,1-4H3,(H2,19,20,21,22,24). The van der Waals surface area contributed by atoms with Crippen molar-refractivity contribution in [1.29, 1.82) is 0 Å². The summed E-state index contributed by atoms with van der Waals surface area (Å²) < 4.78 is 2.75. The summed E-state index contributed by atoms with van der Waals surface area (Å²) in [5.41, 5.74) is 3.36. The molecule has 2 N–H and O–H groups in total. The van der Waals surface area contributed by atoms with Gasteiger partial charge in [-0.1, -0.05) is 29.8 Å². The van der Waals surface area contributed by atoms with Crippen LogP contribution in [0.15, 0.2) is 27.6 Å². The molecule has 6 nitrogen and oxygen atoms in total. The Morgan fingerprint density at radius 3 is 2.58 bits per heavy atom. The van der Waals surface area contributed by atoms with Gasteiger partial charge >= 0.3 is 0 Å². The van der Waals surface area contributed by atoms with E-state index >= 15 is 0 Å². The summed E-state index contributed by atoms with van der Waals surface area (Å²) in [5.74, 6) is 0.910. The van der Waals surface area contributed by atoms with Crippen molar-refractivity contribution in [3.63, 3.8) is 0 Å². The lowest BCUT2D eigenvalue weighted by molar-refractivity contribution is 0.684. The molecule has 7 heteroatoms. The van der Waals surface area contributed by atoms with Crippen LogP contribution in [0.1, 0.15) is 25.0 Å². The molecular weight excluding hydrogens is 370 g/mol. The quantitative estimate of drug-likeness (QED) is 0.715. The first-order valence-corrected chi connectivity index (χ1v) is 8.65. The van der Waals surface area contributed by atoms with Gasteiger partial charge in [0.05, 0.1) is 5.69 Å². The number of nitrogens with one attached hydrogen (secondary N) is 2. The number of fused-ring (bicyclic) bond motifs is 1. The molecule has 3 aromatic rings. The number of hydrogen-bond acceptors (Lipinski definition) is 4. The topological polar surface area (TPSA) is 75.6 Å². The maximum Gasteiger partial charge on any atom is 0.263 e. The summed E-state index contributed by atoms with van der Waals surface area (Å²) in [6.07, 6.45) is 1.73. The first-order chi connectivity index (χ1) is 11.3. The highest BCUT2D eigenvalue weighted by Crippen LogP contribution is 2.24. The summed E-state index contributed by atoms with van der Waals surface area (Å²) in [6.45, 7) is 8.97. The zero-order valence-corrected chi connectivity index (χ0v) is 15.7. The minimum Gasteiger partial charge on any atom is -0.355 e. The monoisotopic (exact) mass is 389 g/mol. The van der Waals surface area contributed by atoms with Crippen molar-refractivity contribution in [2.24, 2.45) is 5.92 Å². The molecule has 0 aliphatic heterocycles. The number of H-pyrrole nitrogens is 1. The van der Waals surface area contributed by atoms with Gasteiger partial charge < -0.3 is 5.32 Å². The number of halogens is 1. The van der Waals surface area contributed by atoms with Gasteiger partial charge in [-0.3, -0.25) is 9.78 Å². The minimum absolute atomic E-state index is 0.190. The zero-order chi connectivity index (χ0) is 17.4. The van der Waals surface area contributed by atoms with Crippen LogP contribution in [-0.2, 0) is 0 Å². The minimum atomic E-state index is -0.190. The van der Waals surface area contributed by atoms with Crippen LogP contribution in [0.2, 0.25) is 0 Å². The average Bonchev–Trinajstić information content (AvgIpc) is 2.88. The molecule has 24 heavy (non-hydrogen) atoms. The smallest absolute Gasteiger partial charge is 0.263 e. The van der Waals surface area contributed by atoms with E-state index in [0.717, 1.165) is 27.8 Å². The summed E-state index contributed by atoms with van der Waals surface area (Å²) in [7, 11) is 0. The molecule has 3 rings (SSSR count). The highest BCUT2D eigenvalue weighted by molar-refractivity contribution is 9.10. The molecule has 0 fully saturated rings. The molecule has 0 bridgehead atoms. The van der Waals surface area contributed by atoms with Gasteiger partial charge in [0.15, 0.2) is 5.65 Å². The normalized spacial score (nSPS) is 11.4. The van der Waals surface area contributed by atoms with E-state index in [4.69, 9.17) is 0 Å². The van der Waals surface area contributed by atoms with Crippen LogP contribution in [0.3, 0.4) is 0 Å². The highest BCUT2D eigenvalue weighted by atomic mass is 79.9. The van der Waals surface area contributed by atoms with E-state index in [1.807, 2.05) is 26.0 Å². The van der Waals surface area contributed by atoms with Gasteiger partial charge in [-0.15, -0.1) is 5.10 Å². The number of rotatable bonds is 4. The molecule has 126 valence electrons. The third-order valence-electron chi connectivity index (χ3n) is 3.75. The largest absolute Gasteiger partial charge is 0.355 e. The van der Waals surface area contributed by atoms with Crippen molar-refractivity contribution in [2.45, 2.75) is 27.7 Å². The van der Waals surface area contributed by atoms with Crippen molar-refractivity contribution in [3.8, 4) is 5.69 Å². The first kappa shape index (κ1) is 16.7. The van der Waals surface area contributed by atoms with Crippen molar-refractivity contribution in [3.05, 3.63) is 44.3 Å². The molecule has 0 saturated heterocycles. The number of anilines is 1. The predicted octanol–water partition coefficient (Wildman–Crippen LogP) is 3.56. The van der Waals surface area contributed by atoms with Gasteiger partial charge in [0.1, 0.15) is 5.39 Å². The average molecular weight is 390 g/mol. The van der Waals surface area contributed by atoms with Crippen LogP contribution in [0.25, 0.3) is 16.7 Å². The van der Waals surface area contributed by atoms with E-state index in [1.54, 1.807) is 10.9 Å². The van der Waals surface area contributed by atoms with E-state index in [2.05, 4.69) is 50.2 Å². The molecule has 0 aliphatic rings. The Balaban J connectivity index is 2.09. The van der Waals surface area contributed by atoms with Gasteiger partial charge in [0.25, 0.3) is 5.56 Å². The van der Waals surface area contributed by atoms with Crippen LogP contribution in [0, 0.1) is 19.8 Å². The van der Waals surface area contributed by atoms with Crippen molar-refractivity contribution in [1.82, 2.24) is 19.7 Å². The summed E-state index contributed by atoms with van der Waals surface area (Å²) >= 11 is 3.50. The van der Waals surface area contributed by atoms with Crippen LogP contribution >= 0.6 is 15.9 Å². The van der Waals surface area contributed by atoms with Gasteiger partial charge in [0, 0.05) is 17.2 Å². The zero-order valence-electron chi connectivity index (χ0n) is 14.1. The van der Waals surface area contributed by atoms with Gasteiger partial charge in [0.2, 0.25) is 5.95 Å². The SMILES string of the molecule is Cc1cc(Br)cc(C)c1-n1cc2c(=O)[nH]c(NCC(C)C)nc2n1. The van der Waals surface area contributed by atoms with Crippen molar-refractivity contribution >= 4 is 32.9 Å². The summed E-state index contributed by atoms with van der Waals surface area (Å²) in [5, 5.41) is 8.13. The maximum absolute atomic E-state index is 12.3. The number of nitrogens with zero attached hydrogens (tertiary/aromatic N) is 3. The third kappa shape index (κ3) is 3.21. The Morgan fingerprint density at radius 2 is 1.96 bits per heavy atom. The van der Waals surface area contributed by atoms with Crippen LogP contribution in [-0.4, -0.2) is 26.3 Å². The molecule has 0 unspecified atom stereocenters. The fraction of sp³-hybridized carbons (Fsp3) is 0.353. The molecule has 0 atom stereocenters. The number of aryl methyl sites for hydroxylation is 2. The second-order valence-corrected chi connectivity index (χ2v) is 7.30. The van der Waals surface area contributed by atoms with Crippen molar-refractivity contribution in [2.75, 3.05) is 11.9 Å². The number of benzene rings is 1. The molecule has 0 spiro atoms. The lowest BCUT2D eigenvalue weighted by atomic mass is 10.1. The van der Waals surface area contributed by atoms with E-state index in [-0.39, 0.29) is 5.56 Å². The lowest BCUT2D eigenvalue weighted by Gasteiger charge is -2.10. The molecular formula is C17H20BrN5O. The third-order valence-corrected chi connectivity index (χ3v) is 4.21. The Hall–Kier alpha value is -2.15. The Labute approximate surface area is 148 Å². The molecule has 0 aliphatic carbocycles. The molecule has 1 aromatic carbocycles. The molecule has 0 amide bonds. The summed E-state index contributed by atoms with van der Waals surface area (Å²) in [4.78, 5) is 19.5. The molecule has 2 aromatic heterocycles. The van der Waals surface area contributed by atoms with E-state index in [1.165, 1.54) is 0 Å². The fourth-order valence-corrected chi connectivity index (χ4v) is 3.37. The molecule has 0 saturated carbocycles. The Bertz CT molecular complexity index is 934. The van der Waals surface area contributed by atoms with E-state index in [0.29, 0.717) is 22.9 Å². The van der Waals surface area contributed by atoms with Crippen LogP contribution in [0.4, 0.5) is 5.95 Å². The van der Waals surface area contributed by atoms with Gasteiger partial charge in [-0.25, -0.2) is 4.68 Å². The van der Waals surface area contributed by atoms with Crippen LogP contribution in [0.5, 0.6) is 0 Å². The van der Waals surface area contributed by atoms with E-state index in [9.17, 15) is 4.79 Å². The highest BCUT2D eigenvalue weighted by Gasteiger charge is 2.13. The number of aromatic nitrogens is 4. The Morgan fingerprint density at radius 1 is 1.29 bits per heavy atom. The summed E-state index contributed by atoms with van der Waals surface area (Å²) in [6, 6.07) is 4.06. The number of hydrogen-bond donors (Lipinski definition) is 2. The predicted molar refractivity (Wildman–Crippen MR) is 100.0 cm³/mol. The molecule has 2 heterocycles. The maximum atomic E-state index is 12.3. The first-order valence-electron chi connectivity index (χ1n) is 7.86. The second kappa shape index (κ2) is 6.39. The second-order valence-electron chi connectivity index (χ2n) is 6.39. The van der Waals surface area contributed by atoms with E-state index < -0.39 is 0 Å². The Kier molecular flexibility index (Phi) is 4.45.